The number of rotatable bonds is 5. The third-order valence-electron chi connectivity index (χ3n) is 4.70. The second-order valence-corrected chi connectivity index (χ2v) is 6.84. The van der Waals surface area contributed by atoms with Crippen LogP contribution in [0, 0.1) is 5.92 Å². The maximum atomic E-state index is 10.5. The maximum absolute atomic E-state index is 10.5. The molecule has 25 heavy (non-hydrogen) atoms. The molecule has 10 heteroatoms. The smallest absolute Gasteiger partial charge is 0.187 e. The van der Waals surface area contributed by atoms with Crippen LogP contribution in [-0.2, 0) is 14.2 Å². The van der Waals surface area contributed by atoms with E-state index >= 15 is 0 Å². The Balaban J connectivity index is 2.17. The first-order valence-corrected chi connectivity index (χ1v) is 8.31. The van der Waals surface area contributed by atoms with Crippen molar-refractivity contribution in [3.05, 3.63) is 0 Å². The molecule has 10 atom stereocenters. The summed E-state index contributed by atoms with van der Waals surface area (Å²) >= 11 is 0. The van der Waals surface area contributed by atoms with Gasteiger partial charge in [0.15, 0.2) is 6.29 Å². The summed E-state index contributed by atoms with van der Waals surface area (Å²) in [6, 6.07) is 0. The molecule has 10 nitrogen and oxygen atoms in total. The van der Waals surface area contributed by atoms with Crippen LogP contribution in [-0.4, -0.2) is 110 Å². The molecule has 2 fully saturated rings. The summed E-state index contributed by atoms with van der Waals surface area (Å²) in [5, 5.41) is 68.9. The van der Waals surface area contributed by atoms with E-state index in [0.29, 0.717) is 0 Å². The zero-order chi connectivity index (χ0) is 18.9. The van der Waals surface area contributed by atoms with Crippen LogP contribution in [0.4, 0.5) is 0 Å². The van der Waals surface area contributed by atoms with E-state index < -0.39 is 74.4 Å². The fourth-order valence-electron chi connectivity index (χ4n) is 3.16. The van der Waals surface area contributed by atoms with Gasteiger partial charge in [0.2, 0.25) is 0 Å². The number of aliphatic hydroxyl groups excluding tert-OH is 7. The van der Waals surface area contributed by atoms with Crippen LogP contribution < -0.4 is 0 Å². The molecule has 2 saturated heterocycles. The van der Waals surface area contributed by atoms with E-state index in [1.165, 1.54) is 0 Å². The van der Waals surface area contributed by atoms with E-state index in [0.717, 1.165) is 0 Å². The average molecular weight is 368 g/mol. The van der Waals surface area contributed by atoms with Gasteiger partial charge in [0.25, 0.3) is 0 Å². The molecule has 2 rings (SSSR count). The summed E-state index contributed by atoms with van der Waals surface area (Å²) < 4.78 is 16.2. The molecular weight excluding hydrogens is 340 g/mol. The van der Waals surface area contributed by atoms with Crippen molar-refractivity contribution in [1.29, 1.82) is 0 Å². The normalized spacial score (nSPS) is 48.7. The van der Waals surface area contributed by atoms with Crippen LogP contribution in [0.25, 0.3) is 0 Å². The molecule has 2 heterocycles. The quantitative estimate of drug-likeness (QED) is 0.256. The van der Waals surface area contributed by atoms with Crippen LogP contribution in [0.2, 0.25) is 0 Å². The lowest BCUT2D eigenvalue weighted by molar-refractivity contribution is -0.343. The third-order valence-corrected chi connectivity index (χ3v) is 4.70. The van der Waals surface area contributed by atoms with E-state index in [9.17, 15) is 35.7 Å². The van der Waals surface area contributed by atoms with Gasteiger partial charge in [-0.1, -0.05) is 13.8 Å². The standard InChI is InChI=1S/C15H28O10/c1-5(2)13-12(22)14(9(19)7(4-17)23-13)25-15-11(21)10(20)8(18)6(3-16)24-15/h5-22H,3-4H2,1-2H3/t6?,7?,8-,9-,10?,11?,12?,13-,14?,15-/m0/s1. The zero-order valence-electron chi connectivity index (χ0n) is 14.1. The summed E-state index contributed by atoms with van der Waals surface area (Å²) in [7, 11) is 0. The number of hydrogen-bond donors (Lipinski definition) is 7. The Kier molecular flexibility index (Phi) is 7.13. The molecule has 7 N–H and O–H groups in total. The molecule has 0 spiro atoms. The van der Waals surface area contributed by atoms with E-state index in [4.69, 9.17) is 14.2 Å². The third kappa shape index (κ3) is 4.14. The molecule has 0 amide bonds. The summed E-state index contributed by atoms with van der Waals surface area (Å²) in [6.07, 6.45) is -13.3. The van der Waals surface area contributed by atoms with Crippen LogP contribution in [0.3, 0.4) is 0 Å². The molecule has 0 aromatic rings. The Morgan fingerprint density at radius 2 is 1.32 bits per heavy atom. The van der Waals surface area contributed by atoms with Gasteiger partial charge in [-0.25, -0.2) is 0 Å². The second-order valence-electron chi connectivity index (χ2n) is 6.84. The topological polar surface area (TPSA) is 169 Å². The summed E-state index contributed by atoms with van der Waals surface area (Å²) in [5.41, 5.74) is 0. The highest BCUT2D eigenvalue weighted by Crippen LogP contribution is 2.31. The van der Waals surface area contributed by atoms with Crippen LogP contribution in [0.15, 0.2) is 0 Å². The van der Waals surface area contributed by atoms with Gasteiger partial charge in [-0.2, -0.15) is 0 Å². The van der Waals surface area contributed by atoms with E-state index in [-0.39, 0.29) is 5.92 Å². The predicted molar refractivity (Wildman–Crippen MR) is 81.2 cm³/mol. The van der Waals surface area contributed by atoms with Crippen molar-refractivity contribution in [2.45, 2.75) is 75.1 Å². The number of ether oxygens (including phenoxy) is 3. The van der Waals surface area contributed by atoms with Gasteiger partial charge in [0.05, 0.1) is 19.3 Å². The zero-order valence-corrected chi connectivity index (χ0v) is 14.1. The van der Waals surface area contributed by atoms with Gasteiger partial charge >= 0.3 is 0 Å². The lowest BCUT2D eigenvalue weighted by Gasteiger charge is -2.47. The Labute approximate surface area is 145 Å². The Morgan fingerprint density at radius 3 is 1.84 bits per heavy atom. The lowest BCUT2D eigenvalue weighted by atomic mass is 9.89. The largest absolute Gasteiger partial charge is 0.394 e. The molecule has 0 aromatic carbocycles. The van der Waals surface area contributed by atoms with Crippen molar-refractivity contribution in [3.63, 3.8) is 0 Å². The first-order chi connectivity index (χ1) is 11.7. The molecule has 2 aliphatic heterocycles. The first-order valence-electron chi connectivity index (χ1n) is 8.31. The van der Waals surface area contributed by atoms with Crippen molar-refractivity contribution >= 4 is 0 Å². The fraction of sp³-hybridized carbons (Fsp3) is 1.00. The maximum Gasteiger partial charge on any atom is 0.187 e. The Bertz CT molecular complexity index is 419. The van der Waals surface area contributed by atoms with Gasteiger partial charge in [-0.3, -0.25) is 0 Å². The van der Waals surface area contributed by atoms with Crippen molar-refractivity contribution in [2.75, 3.05) is 13.2 Å². The highest BCUT2D eigenvalue weighted by atomic mass is 16.7. The summed E-state index contributed by atoms with van der Waals surface area (Å²) in [6.45, 7) is 2.43. The molecule has 0 bridgehead atoms. The average Bonchev–Trinajstić information content (AvgIpc) is 2.58. The van der Waals surface area contributed by atoms with Crippen LogP contribution >= 0.6 is 0 Å². The summed E-state index contributed by atoms with van der Waals surface area (Å²) in [5.74, 6) is -0.155. The Hall–Kier alpha value is -0.400. The van der Waals surface area contributed by atoms with E-state index in [1.54, 1.807) is 13.8 Å². The highest BCUT2D eigenvalue weighted by Gasteiger charge is 2.50. The molecule has 0 aromatic heterocycles. The Morgan fingerprint density at radius 1 is 0.760 bits per heavy atom. The molecule has 0 radical (unpaired) electrons. The van der Waals surface area contributed by atoms with Crippen LogP contribution in [0.5, 0.6) is 0 Å². The molecule has 2 aliphatic rings. The van der Waals surface area contributed by atoms with Gasteiger partial charge < -0.3 is 50.0 Å². The summed E-state index contributed by atoms with van der Waals surface area (Å²) in [4.78, 5) is 0. The minimum Gasteiger partial charge on any atom is -0.394 e. The molecule has 0 saturated carbocycles. The molecule has 148 valence electrons. The van der Waals surface area contributed by atoms with Crippen molar-refractivity contribution in [2.24, 2.45) is 5.92 Å². The van der Waals surface area contributed by atoms with E-state index in [2.05, 4.69) is 0 Å². The minimum atomic E-state index is -1.66. The van der Waals surface area contributed by atoms with Gasteiger partial charge in [-0.05, 0) is 5.92 Å². The van der Waals surface area contributed by atoms with E-state index in [1.807, 2.05) is 0 Å². The first kappa shape index (κ1) is 20.9. The predicted octanol–water partition coefficient (Wildman–Crippen LogP) is -3.69. The number of hydrogen-bond acceptors (Lipinski definition) is 10. The van der Waals surface area contributed by atoms with Gasteiger partial charge in [-0.15, -0.1) is 0 Å². The lowest BCUT2D eigenvalue weighted by Crippen LogP contribution is -2.65. The van der Waals surface area contributed by atoms with Gasteiger partial charge in [0.1, 0.15) is 48.8 Å². The van der Waals surface area contributed by atoms with Crippen molar-refractivity contribution in [3.8, 4) is 0 Å². The van der Waals surface area contributed by atoms with Gasteiger partial charge in [0, 0.05) is 0 Å². The van der Waals surface area contributed by atoms with Crippen molar-refractivity contribution < 1.29 is 50.0 Å². The molecular formula is C15H28O10. The second kappa shape index (κ2) is 8.53. The number of aliphatic hydroxyl groups is 7. The molecule has 6 unspecified atom stereocenters. The van der Waals surface area contributed by atoms with Crippen molar-refractivity contribution in [1.82, 2.24) is 0 Å². The molecule has 0 aliphatic carbocycles. The minimum absolute atomic E-state index is 0.155. The fourth-order valence-corrected chi connectivity index (χ4v) is 3.16. The monoisotopic (exact) mass is 368 g/mol. The highest BCUT2D eigenvalue weighted by molar-refractivity contribution is 4.96. The SMILES string of the molecule is CC(C)[C@@H]1OC(CO)[C@H](O)C(O[C@@H]2OC(CO)[C@H](O)C(O)C2O)C1O. The van der Waals surface area contributed by atoms with Crippen LogP contribution in [0.1, 0.15) is 13.8 Å².